The maximum atomic E-state index is 13.1. The number of aliphatic carboxylic acids is 1. The summed E-state index contributed by atoms with van der Waals surface area (Å²) in [6, 6.07) is -1.17. The minimum absolute atomic E-state index is 0.227. The molecular weight excluding hydrogens is 529 g/mol. The molecule has 0 spiro atoms. The topological polar surface area (TPSA) is 132 Å². The quantitative estimate of drug-likeness (QED) is 0.355. The van der Waals surface area contributed by atoms with Crippen molar-refractivity contribution in [2.24, 2.45) is 0 Å². The number of halogens is 3. The van der Waals surface area contributed by atoms with E-state index < -0.39 is 53.1 Å². The minimum Gasteiger partial charge on any atom is -0.475 e. The Morgan fingerprint density at radius 3 is 1.54 bits per heavy atom. The lowest BCUT2D eigenvalue weighted by atomic mass is 10.1. The standard InChI is InChI=1S/C23H42N2O7.C2HF3O2/c1-21(2,3)30-18(26)17(11-10-12-24-13-15-29-16-14-24)25(19(27)31-22(4,5)6)20(28)32-23(7,8)9;3-2(4,5)1(6)7/h17H,10-16H2,1-9H3;(H,6,7)/t17-;/m0./s1. The van der Waals surface area contributed by atoms with E-state index in [0.29, 0.717) is 26.2 Å². The van der Waals surface area contributed by atoms with Gasteiger partial charge in [-0.15, -0.1) is 0 Å². The highest BCUT2D eigenvalue weighted by Crippen LogP contribution is 2.22. The van der Waals surface area contributed by atoms with Crippen LogP contribution in [0.5, 0.6) is 0 Å². The molecule has 1 aliphatic heterocycles. The van der Waals surface area contributed by atoms with Crippen LogP contribution in [0.1, 0.15) is 75.2 Å². The number of carbonyl (C=O) groups is 4. The van der Waals surface area contributed by atoms with E-state index in [1.54, 1.807) is 62.3 Å². The van der Waals surface area contributed by atoms with Crippen LogP contribution in [0.3, 0.4) is 0 Å². The second-order valence-corrected chi connectivity index (χ2v) is 11.8. The van der Waals surface area contributed by atoms with Crippen molar-refractivity contribution in [2.75, 3.05) is 32.8 Å². The number of morpholine rings is 1. The first kappa shape index (κ1) is 36.4. The predicted molar refractivity (Wildman–Crippen MR) is 134 cm³/mol. The second kappa shape index (κ2) is 14.7. The molecule has 0 aromatic rings. The molecule has 0 aromatic carbocycles. The third kappa shape index (κ3) is 16.9. The van der Waals surface area contributed by atoms with Gasteiger partial charge >= 0.3 is 30.3 Å². The lowest BCUT2D eigenvalue weighted by Gasteiger charge is -2.34. The molecule has 0 saturated carbocycles. The zero-order valence-corrected chi connectivity index (χ0v) is 24.3. The van der Waals surface area contributed by atoms with Crippen LogP contribution in [0.15, 0.2) is 0 Å². The number of carboxylic acids is 1. The number of hydrogen-bond acceptors (Lipinski definition) is 9. The first-order valence-corrected chi connectivity index (χ1v) is 12.5. The monoisotopic (exact) mass is 572 g/mol. The molecule has 0 aliphatic carbocycles. The molecule has 1 saturated heterocycles. The average Bonchev–Trinajstić information content (AvgIpc) is 2.69. The number of hydrogen-bond donors (Lipinski definition) is 1. The molecule has 228 valence electrons. The molecule has 0 bridgehead atoms. The van der Waals surface area contributed by atoms with Gasteiger partial charge in [-0.1, -0.05) is 0 Å². The predicted octanol–water partition coefficient (Wildman–Crippen LogP) is 4.61. The van der Waals surface area contributed by atoms with Crippen molar-refractivity contribution in [3.8, 4) is 0 Å². The Morgan fingerprint density at radius 2 is 1.21 bits per heavy atom. The number of carbonyl (C=O) groups excluding carboxylic acids is 3. The molecule has 0 unspecified atom stereocenters. The Bertz CT molecular complexity index is 795. The Morgan fingerprint density at radius 1 is 0.821 bits per heavy atom. The molecular formula is C25H43F3N2O9. The van der Waals surface area contributed by atoms with Crippen LogP contribution in [0.25, 0.3) is 0 Å². The summed E-state index contributed by atoms with van der Waals surface area (Å²) in [7, 11) is 0. The van der Waals surface area contributed by atoms with E-state index in [-0.39, 0.29) is 6.42 Å². The van der Waals surface area contributed by atoms with Crippen LogP contribution in [-0.2, 0) is 28.5 Å². The summed E-state index contributed by atoms with van der Waals surface area (Å²) in [5.41, 5.74) is -2.50. The second-order valence-electron chi connectivity index (χ2n) is 11.8. The normalized spacial score (nSPS) is 15.8. The lowest BCUT2D eigenvalue weighted by Crippen LogP contribution is -2.53. The van der Waals surface area contributed by atoms with Gasteiger partial charge in [-0.05, 0) is 81.7 Å². The molecule has 1 aliphatic rings. The SMILES string of the molecule is CC(C)(C)OC(=O)[C@H](CCCN1CCOCC1)N(C(=O)OC(C)(C)C)C(=O)OC(C)(C)C.O=C(O)C(F)(F)F. The summed E-state index contributed by atoms with van der Waals surface area (Å²) in [6.07, 6.45) is -6.15. The number of rotatable bonds is 6. The van der Waals surface area contributed by atoms with Crippen molar-refractivity contribution >= 4 is 24.1 Å². The summed E-state index contributed by atoms with van der Waals surface area (Å²) in [5.74, 6) is -3.43. The van der Waals surface area contributed by atoms with Gasteiger partial charge in [-0.2, -0.15) is 18.1 Å². The third-order valence-corrected chi connectivity index (χ3v) is 4.47. The average molecular weight is 573 g/mol. The summed E-state index contributed by atoms with van der Waals surface area (Å²) in [5, 5.41) is 7.12. The first-order valence-electron chi connectivity index (χ1n) is 12.5. The van der Waals surface area contributed by atoms with Crippen molar-refractivity contribution in [2.45, 2.75) is 104 Å². The third-order valence-electron chi connectivity index (χ3n) is 4.47. The number of carboxylic acid groups (broad SMARTS) is 1. The Hall–Kier alpha value is -2.61. The van der Waals surface area contributed by atoms with Gasteiger partial charge in [-0.25, -0.2) is 19.2 Å². The van der Waals surface area contributed by atoms with Gasteiger partial charge in [0.25, 0.3) is 0 Å². The number of alkyl halides is 3. The molecule has 1 atom stereocenters. The Labute approximate surface area is 227 Å². The molecule has 1 rings (SSSR count). The van der Waals surface area contributed by atoms with Crippen molar-refractivity contribution in [1.29, 1.82) is 0 Å². The molecule has 39 heavy (non-hydrogen) atoms. The Kier molecular flexibility index (Phi) is 13.7. The van der Waals surface area contributed by atoms with E-state index in [2.05, 4.69) is 4.90 Å². The highest BCUT2D eigenvalue weighted by Gasteiger charge is 2.42. The fraction of sp³-hybridized carbons (Fsp3) is 0.840. The van der Waals surface area contributed by atoms with Crippen molar-refractivity contribution in [3.63, 3.8) is 0 Å². The van der Waals surface area contributed by atoms with Crippen LogP contribution in [0.4, 0.5) is 22.8 Å². The van der Waals surface area contributed by atoms with E-state index >= 15 is 0 Å². The van der Waals surface area contributed by atoms with Crippen LogP contribution in [0, 0.1) is 0 Å². The number of imide groups is 1. The molecule has 1 heterocycles. The smallest absolute Gasteiger partial charge is 0.475 e. The first-order chi connectivity index (χ1) is 17.4. The zero-order chi connectivity index (χ0) is 30.8. The van der Waals surface area contributed by atoms with E-state index in [0.717, 1.165) is 18.0 Å². The van der Waals surface area contributed by atoms with Crippen molar-refractivity contribution in [3.05, 3.63) is 0 Å². The summed E-state index contributed by atoms with van der Waals surface area (Å²) in [4.78, 5) is 51.1. The van der Waals surface area contributed by atoms with E-state index in [9.17, 15) is 27.6 Å². The zero-order valence-electron chi connectivity index (χ0n) is 24.3. The van der Waals surface area contributed by atoms with Gasteiger partial charge in [0.1, 0.15) is 22.8 Å². The number of nitrogens with zero attached hydrogens (tertiary/aromatic N) is 2. The maximum Gasteiger partial charge on any atom is 0.490 e. The highest BCUT2D eigenvalue weighted by molar-refractivity contribution is 5.94. The summed E-state index contributed by atoms with van der Waals surface area (Å²) >= 11 is 0. The number of ether oxygens (including phenoxy) is 4. The van der Waals surface area contributed by atoms with E-state index in [1.165, 1.54) is 0 Å². The number of amides is 2. The van der Waals surface area contributed by atoms with Crippen LogP contribution in [-0.4, -0.2) is 101 Å². The van der Waals surface area contributed by atoms with Crippen LogP contribution < -0.4 is 0 Å². The van der Waals surface area contributed by atoms with Gasteiger partial charge in [0.15, 0.2) is 0 Å². The van der Waals surface area contributed by atoms with Crippen molar-refractivity contribution < 1.29 is 56.4 Å². The van der Waals surface area contributed by atoms with Gasteiger partial charge in [-0.3, -0.25) is 4.90 Å². The largest absolute Gasteiger partial charge is 0.490 e. The molecule has 14 heteroatoms. The van der Waals surface area contributed by atoms with Gasteiger partial charge in [0, 0.05) is 13.1 Å². The van der Waals surface area contributed by atoms with Crippen LogP contribution in [0.2, 0.25) is 0 Å². The number of esters is 1. The molecule has 2 amide bonds. The molecule has 1 fully saturated rings. The Balaban J connectivity index is 0.00000181. The molecule has 0 radical (unpaired) electrons. The van der Waals surface area contributed by atoms with E-state index in [1.807, 2.05) is 0 Å². The minimum atomic E-state index is -5.08. The maximum absolute atomic E-state index is 13.1. The van der Waals surface area contributed by atoms with Crippen molar-refractivity contribution in [1.82, 2.24) is 9.80 Å². The lowest BCUT2D eigenvalue weighted by molar-refractivity contribution is -0.192. The van der Waals surface area contributed by atoms with Gasteiger partial charge < -0.3 is 24.1 Å². The molecule has 1 N–H and O–H groups in total. The van der Waals surface area contributed by atoms with E-state index in [4.69, 9.17) is 28.8 Å². The summed E-state index contributed by atoms with van der Waals surface area (Å²) in [6.45, 7) is 19.0. The fourth-order valence-corrected chi connectivity index (χ4v) is 3.01. The summed E-state index contributed by atoms with van der Waals surface area (Å²) < 4.78 is 53.5. The fourth-order valence-electron chi connectivity index (χ4n) is 3.01. The van der Waals surface area contributed by atoms with Gasteiger partial charge in [0.2, 0.25) is 0 Å². The molecule has 0 aromatic heterocycles. The molecule has 11 nitrogen and oxygen atoms in total. The highest BCUT2D eigenvalue weighted by atomic mass is 19.4. The van der Waals surface area contributed by atoms with Gasteiger partial charge in [0.05, 0.1) is 13.2 Å². The van der Waals surface area contributed by atoms with Crippen LogP contribution >= 0.6 is 0 Å².